The van der Waals surface area contributed by atoms with Crippen LogP contribution in [-0.2, 0) is 6.61 Å². The molecule has 0 bridgehead atoms. The summed E-state index contributed by atoms with van der Waals surface area (Å²) in [7, 11) is 0. The normalized spacial score (nSPS) is 10.5. The van der Waals surface area contributed by atoms with Gasteiger partial charge in [0.25, 0.3) is 0 Å². The zero-order valence-corrected chi connectivity index (χ0v) is 11.7. The monoisotopic (exact) mass is 256 g/mol. The zero-order chi connectivity index (χ0) is 13.8. The fraction of sp³-hybridized carbons (Fsp3) is 0.294. The first-order valence-corrected chi connectivity index (χ1v) is 6.60. The van der Waals surface area contributed by atoms with Crippen molar-refractivity contribution in [2.75, 3.05) is 6.61 Å². The van der Waals surface area contributed by atoms with Gasteiger partial charge in [-0.1, -0.05) is 24.3 Å². The van der Waals surface area contributed by atoms with Crippen LogP contribution in [0.4, 0.5) is 0 Å². The maximum atomic E-state index is 9.43. The number of rotatable bonds is 4. The van der Waals surface area contributed by atoms with Crippen molar-refractivity contribution < 1.29 is 9.84 Å². The van der Waals surface area contributed by atoms with Gasteiger partial charge in [0.15, 0.2) is 0 Å². The number of ether oxygens (including phenoxy) is 1. The first-order valence-electron chi connectivity index (χ1n) is 6.60. The van der Waals surface area contributed by atoms with E-state index in [-0.39, 0.29) is 6.61 Å². The average Bonchev–Trinajstić information content (AvgIpc) is 2.42. The Balaban J connectivity index is 2.52. The highest BCUT2D eigenvalue weighted by Gasteiger charge is 2.09. The van der Waals surface area contributed by atoms with Crippen LogP contribution in [0, 0.1) is 13.8 Å². The van der Waals surface area contributed by atoms with Gasteiger partial charge in [-0.3, -0.25) is 0 Å². The number of hydrogen-bond donors (Lipinski definition) is 1. The van der Waals surface area contributed by atoms with E-state index in [2.05, 4.69) is 26.0 Å². The van der Waals surface area contributed by atoms with Gasteiger partial charge in [-0.05, 0) is 60.7 Å². The fourth-order valence-corrected chi connectivity index (χ4v) is 2.42. The molecular formula is C17H20O2. The van der Waals surface area contributed by atoms with E-state index in [9.17, 15) is 5.11 Å². The topological polar surface area (TPSA) is 29.5 Å². The molecule has 0 saturated heterocycles. The number of aryl methyl sites for hydroxylation is 2. The van der Waals surface area contributed by atoms with Gasteiger partial charge >= 0.3 is 0 Å². The lowest BCUT2D eigenvalue weighted by Crippen LogP contribution is -1.98. The zero-order valence-electron chi connectivity index (χ0n) is 11.7. The van der Waals surface area contributed by atoms with Crippen LogP contribution in [0.25, 0.3) is 11.1 Å². The Labute approximate surface area is 114 Å². The molecule has 0 spiro atoms. The molecule has 0 aliphatic rings. The third-order valence-corrected chi connectivity index (χ3v) is 3.25. The van der Waals surface area contributed by atoms with Crippen LogP contribution in [-0.4, -0.2) is 11.7 Å². The third-order valence-electron chi connectivity index (χ3n) is 3.25. The Hall–Kier alpha value is -1.80. The molecule has 0 aliphatic carbocycles. The molecule has 0 amide bonds. The van der Waals surface area contributed by atoms with Gasteiger partial charge in [0.1, 0.15) is 5.75 Å². The molecule has 0 aromatic heterocycles. The van der Waals surface area contributed by atoms with Gasteiger partial charge in [-0.2, -0.15) is 0 Å². The van der Waals surface area contributed by atoms with Gasteiger partial charge in [-0.25, -0.2) is 0 Å². The van der Waals surface area contributed by atoms with Crippen LogP contribution >= 0.6 is 0 Å². The van der Waals surface area contributed by atoms with Gasteiger partial charge in [0.05, 0.1) is 13.2 Å². The molecule has 0 fully saturated rings. The lowest BCUT2D eigenvalue weighted by molar-refractivity contribution is 0.282. The van der Waals surface area contributed by atoms with Gasteiger partial charge < -0.3 is 9.84 Å². The SMILES string of the molecule is CCOc1c(C)cc(-c2ccccc2CO)cc1C. The van der Waals surface area contributed by atoms with E-state index >= 15 is 0 Å². The van der Waals surface area contributed by atoms with Crippen LogP contribution < -0.4 is 4.74 Å². The summed E-state index contributed by atoms with van der Waals surface area (Å²) in [5.41, 5.74) is 5.42. The summed E-state index contributed by atoms with van der Waals surface area (Å²) in [6.07, 6.45) is 0. The molecule has 2 nitrogen and oxygen atoms in total. The fourth-order valence-electron chi connectivity index (χ4n) is 2.42. The first kappa shape index (κ1) is 13.6. The Kier molecular flexibility index (Phi) is 4.23. The quantitative estimate of drug-likeness (QED) is 0.900. The first-order chi connectivity index (χ1) is 9.17. The molecule has 0 saturated carbocycles. The summed E-state index contributed by atoms with van der Waals surface area (Å²) in [5, 5.41) is 9.43. The maximum absolute atomic E-state index is 9.43. The highest BCUT2D eigenvalue weighted by Crippen LogP contribution is 2.31. The highest BCUT2D eigenvalue weighted by molar-refractivity contribution is 5.70. The van der Waals surface area contributed by atoms with E-state index in [4.69, 9.17) is 4.74 Å². The summed E-state index contributed by atoms with van der Waals surface area (Å²) in [5.74, 6) is 0.965. The minimum absolute atomic E-state index is 0.0570. The lowest BCUT2D eigenvalue weighted by atomic mass is 9.96. The molecule has 0 radical (unpaired) electrons. The second-order valence-corrected chi connectivity index (χ2v) is 4.69. The second-order valence-electron chi connectivity index (χ2n) is 4.69. The van der Waals surface area contributed by atoms with E-state index < -0.39 is 0 Å². The van der Waals surface area contributed by atoms with Crippen molar-refractivity contribution in [3.05, 3.63) is 53.1 Å². The van der Waals surface area contributed by atoms with Crippen LogP contribution in [0.1, 0.15) is 23.6 Å². The van der Waals surface area contributed by atoms with E-state index in [1.165, 1.54) is 0 Å². The van der Waals surface area contributed by atoms with Crippen LogP contribution in [0.15, 0.2) is 36.4 Å². The van der Waals surface area contributed by atoms with Crippen molar-refractivity contribution in [2.24, 2.45) is 0 Å². The molecule has 19 heavy (non-hydrogen) atoms. The smallest absolute Gasteiger partial charge is 0.125 e. The molecule has 0 atom stereocenters. The molecule has 1 N–H and O–H groups in total. The molecule has 0 aliphatic heterocycles. The Bertz CT molecular complexity index is 550. The average molecular weight is 256 g/mol. The summed E-state index contributed by atoms with van der Waals surface area (Å²) in [6.45, 7) is 6.84. The molecule has 2 heteroatoms. The van der Waals surface area contributed by atoms with Crippen molar-refractivity contribution in [1.29, 1.82) is 0 Å². The predicted molar refractivity (Wildman–Crippen MR) is 78.4 cm³/mol. The minimum atomic E-state index is 0.0570. The molecular weight excluding hydrogens is 236 g/mol. The van der Waals surface area contributed by atoms with E-state index in [0.29, 0.717) is 6.61 Å². The molecule has 2 aromatic carbocycles. The van der Waals surface area contributed by atoms with Crippen molar-refractivity contribution in [3.63, 3.8) is 0 Å². The summed E-state index contributed by atoms with van der Waals surface area (Å²) >= 11 is 0. The van der Waals surface area contributed by atoms with E-state index in [0.717, 1.165) is 33.6 Å². The summed E-state index contributed by atoms with van der Waals surface area (Å²) < 4.78 is 5.67. The van der Waals surface area contributed by atoms with Crippen molar-refractivity contribution in [1.82, 2.24) is 0 Å². The third kappa shape index (κ3) is 2.79. The maximum Gasteiger partial charge on any atom is 0.125 e. The molecule has 0 heterocycles. The molecule has 2 aromatic rings. The molecule has 100 valence electrons. The van der Waals surface area contributed by atoms with Crippen molar-refractivity contribution >= 4 is 0 Å². The van der Waals surface area contributed by atoms with Gasteiger partial charge in [0.2, 0.25) is 0 Å². The summed E-state index contributed by atoms with van der Waals surface area (Å²) in [6, 6.07) is 12.2. The van der Waals surface area contributed by atoms with Gasteiger partial charge in [-0.15, -0.1) is 0 Å². The largest absolute Gasteiger partial charge is 0.493 e. The minimum Gasteiger partial charge on any atom is -0.493 e. The van der Waals surface area contributed by atoms with Crippen LogP contribution in [0.5, 0.6) is 5.75 Å². The second kappa shape index (κ2) is 5.89. The number of aliphatic hydroxyl groups excluding tert-OH is 1. The van der Waals surface area contributed by atoms with E-state index in [1.54, 1.807) is 0 Å². The van der Waals surface area contributed by atoms with Crippen LogP contribution in [0.2, 0.25) is 0 Å². The van der Waals surface area contributed by atoms with Crippen molar-refractivity contribution in [3.8, 4) is 16.9 Å². The molecule has 0 unspecified atom stereocenters. The summed E-state index contributed by atoms with van der Waals surface area (Å²) in [4.78, 5) is 0. The highest BCUT2D eigenvalue weighted by atomic mass is 16.5. The number of aliphatic hydroxyl groups is 1. The van der Waals surface area contributed by atoms with Gasteiger partial charge in [0, 0.05) is 0 Å². The number of benzene rings is 2. The lowest BCUT2D eigenvalue weighted by Gasteiger charge is -2.14. The Morgan fingerprint density at radius 3 is 2.26 bits per heavy atom. The Morgan fingerprint density at radius 1 is 1.05 bits per heavy atom. The van der Waals surface area contributed by atoms with E-state index in [1.807, 2.05) is 31.2 Å². The van der Waals surface area contributed by atoms with Crippen LogP contribution in [0.3, 0.4) is 0 Å². The standard InChI is InChI=1S/C17H20O2/c1-4-19-17-12(2)9-15(10-13(17)3)16-8-6-5-7-14(16)11-18/h5-10,18H,4,11H2,1-3H3. The number of hydrogen-bond acceptors (Lipinski definition) is 2. The molecule has 2 rings (SSSR count). The van der Waals surface area contributed by atoms with Crippen molar-refractivity contribution in [2.45, 2.75) is 27.4 Å². The predicted octanol–water partition coefficient (Wildman–Crippen LogP) is 3.86. The Morgan fingerprint density at radius 2 is 1.68 bits per heavy atom.